The minimum absolute atomic E-state index is 0.0342. The van der Waals surface area contributed by atoms with Gasteiger partial charge in [0.2, 0.25) is 0 Å². The number of hydrogen-bond donors (Lipinski definition) is 1. The van der Waals surface area contributed by atoms with E-state index >= 15 is 0 Å². The monoisotopic (exact) mass is 357 g/mol. The number of nitrogens with one attached hydrogen (secondary N) is 1. The van der Waals surface area contributed by atoms with Gasteiger partial charge in [0.25, 0.3) is 0 Å². The SMILES string of the molecule is CCNCc1cc(OCCSC(F)(F)F)ccc1Br. The second-order valence-electron chi connectivity index (χ2n) is 3.68. The van der Waals surface area contributed by atoms with Gasteiger partial charge in [-0.3, -0.25) is 0 Å². The first-order valence-electron chi connectivity index (χ1n) is 5.75. The van der Waals surface area contributed by atoms with Crippen LogP contribution in [0.1, 0.15) is 12.5 Å². The highest BCUT2D eigenvalue weighted by Gasteiger charge is 2.27. The van der Waals surface area contributed by atoms with Crippen LogP contribution in [0.15, 0.2) is 22.7 Å². The predicted molar refractivity (Wildman–Crippen MR) is 75.5 cm³/mol. The van der Waals surface area contributed by atoms with Crippen LogP contribution in [0, 0.1) is 0 Å². The molecule has 0 heterocycles. The van der Waals surface area contributed by atoms with Crippen molar-refractivity contribution in [1.82, 2.24) is 5.32 Å². The molecule has 0 spiro atoms. The molecule has 0 radical (unpaired) electrons. The fourth-order valence-corrected chi connectivity index (χ4v) is 2.14. The minimum Gasteiger partial charge on any atom is -0.493 e. The van der Waals surface area contributed by atoms with E-state index in [0.717, 1.165) is 16.6 Å². The second-order valence-corrected chi connectivity index (χ2v) is 5.69. The van der Waals surface area contributed by atoms with Crippen molar-refractivity contribution in [3.8, 4) is 5.75 Å². The number of thioether (sulfide) groups is 1. The molecule has 1 aromatic rings. The van der Waals surface area contributed by atoms with Crippen LogP contribution in [0.4, 0.5) is 13.2 Å². The zero-order valence-electron chi connectivity index (χ0n) is 10.4. The highest BCUT2D eigenvalue weighted by Crippen LogP contribution is 2.30. The van der Waals surface area contributed by atoms with Crippen LogP contribution in [-0.2, 0) is 6.54 Å². The van der Waals surface area contributed by atoms with Gasteiger partial charge in [-0.05, 0) is 42.1 Å². The third-order valence-electron chi connectivity index (χ3n) is 2.20. The van der Waals surface area contributed by atoms with Gasteiger partial charge in [0.05, 0.1) is 6.61 Å². The maximum Gasteiger partial charge on any atom is 0.441 e. The molecular weight excluding hydrogens is 343 g/mol. The van der Waals surface area contributed by atoms with Crippen molar-refractivity contribution in [2.45, 2.75) is 19.0 Å². The number of alkyl halides is 3. The summed E-state index contributed by atoms with van der Waals surface area (Å²) in [6, 6.07) is 5.39. The summed E-state index contributed by atoms with van der Waals surface area (Å²) in [5.41, 5.74) is -3.18. The molecule has 0 amide bonds. The Labute approximate surface area is 123 Å². The molecular formula is C12H15BrF3NOS. The van der Waals surface area contributed by atoms with Crippen molar-refractivity contribution in [3.05, 3.63) is 28.2 Å². The quantitative estimate of drug-likeness (QED) is 0.739. The Balaban J connectivity index is 2.45. The van der Waals surface area contributed by atoms with Crippen molar-refractivity contribution >= 4 is 27.7 Å². The van der Waals surface area contributed by atoms with E-state index in [0.29, 0.717) is 12.3 Å². The van der Waals surface area contributed by atoms with Gasteiger partial charge in [-0.25, -0.2) is 0 Å². The molecule has 0 aliphatic heterocycles. The lowest BCUT2D eigenvalue weighted by molar-refractivity contribution is -0.0329. The van der Waals surface area contributed by atoms with E-state index in [1.165, 1.54) is 0 Å². The van der Waals surface area contributed by atoms with E-state index in [1.54, 1.807) is 6.07 Å². The van der Waals surface area contributed by atoms with Crippen LogP contribution < -0.4 is 10.1 Å². The first kappa shape index (κ1) is 16.7. The molecule has 1 rings (SSSR count). The molecule has 0 bridgehead atoms. The minimum atomic E-state index is -4.20. The molecule has 108 valence electrons. The van der Waals surface area contributed by atoms with Crippen LogP contribution in [0.2, 0.25) is 0 Å². The molecule has 1 aromatic carbocycles. The lowest BCUT2D eigenvalue weighted by atomic mass is 10.2. The number of ether oxygens (including phenoxy) is 1. The Morgan fingerprint density at radius 1 is 1.37 bits per heavy atom. The van der Waals surface area contributed by atoms with Gasteiger partial charge in [0, 0.05) is 16.8 Å². The van der Waals surface area contributed by atoms with Crippen molar-refractivity contribution in [2.75, 3.05) is 18.9 Å². The maximum absolute atomic E-state index is 11.9. The van der Waals surface area contributed by atoms with Gasteiger partial charge in [-0.1, -0.05) is 22.9 Å². The van der Waals surface area contributed by atoms with Gasteiger partial charge in [-0.2, -0.15) is 13.2 Å². The summed E-state index contributed by atoms with van der Waals surface area (Å²) in [5, 5.41) is 3.18. The van der Waals surface area contributed by atoms with E-state index in [9.17, 15) is 13.2 Å². The Kier molecular flexibility index (Phi) is 7.02. The molecule has 2 nitrogen and oxygen atoms in total. The van der Waals surface area contributed by atoms with E-state index in [1.807, 2.05) is 19.1 Å². The molecule has 19 heavy (non-hydrogen) atoms. The molecule has 7 heteroatoms. The fraction of sp³-hybridized carbons (Fsp3) is 0.500. The lowest BCUT2D eigenvalue weighted by Gasteiger charge is -2.10. The number of benzene rings is 1. The molecule has 0 saturated heterocycles. The van der Waals surface area contributed by atoms with Gasteiger partial charge in [-0.15, -0.1) is 0 Å². The molecule has 0 saturated carbocycles. The fourth-order valence-electron chi connectivity index (χ4n) is 1.35. The Morgan fingerprint density at radius 2 is 2.11 bits per heavy atom. The summed E-state index contributed by atoms with van der Waals surface area (Å²) in [6.45, 7) is 3.57. The largest absolute Gasteiger partial charge is 0.493 e. The predicted octanol–water partition coefficient (Wildman–Crippen LogP) is 4.19. The first-order valence-corrected chi connectivity index (χ1v) is 7.53. The Morgan fingerprint density at radius 3 is 2.74 bits per heavy atom. The standard InChI is InChI=1S/C12H15BrF3NOS/c1-2-17-8-9-7-10(3-4-11(9)13)18-5-6-19-12(14,15)16/h3-4,7,17H,2,5-6,8H2,1H3. The topological polar surface area (TPSA) is 21.3 Å². The number of rotatable bonds is 7. The molecule has 0 unspecified atom stereocenters. The lowest BCUT2D eigenvalue weighted by Crippen LogP contribution is -2.12. The van der Waals surface area contributed by atoms with Gasteiger partial charge in [0.1, 0.15) is 5.75 Å². The van der Waals surface area contributed by atoms with Crippen LogP contribution in [0.25, 0.3) is 0 Å². The molecule has 0 aliphatic rings. The first-order chi connectivity index (χ1) is 8.92. The summed E-state index contributed by atoms with van der Waals surface area (Å²) in [7, 11) is 0. The van der Waals surface area contributed by atoms with Gasteiger partial charge < -0.3 is 10.1 Å². The van der Waals surface area contributed by atoms with Crippen molar-refractivity contribution in [3.63, 3.8) is 0 Å². The van der Waals surface area contributed by atoms with Crippen molar-refractivity contribution in [1.29, 1.82) is 0 Å². The molecule has 0 fully saturated rings. The molecule has 0 aromatic heterocycles. The summed E-state index contributed by atoms with van der Waals surface area (Å²) < 4.78 is 42.0. The van der Waals surface area contributed by atoms with E-state index in [-0.39, 0.29) is 24.1 Å². The molecule has 0 atom stereocenters. The average Bonchev–Trinajstić information content (AvgIpc) is 2.33. The van der Waals surface area contributed by atoms with E-state index in [2.05, 4.69) is 21.2 Å². The summed E-state index contributed by atoms with van der Waals surface area (Å²) >= 11 is 3.35. The third kappa shape index (κ3) is 7.08. The normalized spacial score (nSPS) is 11.6. The Bertz CT molecular complexity index is 401. The van der Waals surface area contributed by atoms with E-state index in [4.69, 9.17) is 4.74 Å². The highest BCUT2D eigenvalue weighted by atomic mass is 79.9. The summed E-state index contributed by atoms with van der Waals surface area (Å²) in [6.07, 6.45) is 0. The number of halogens is 4. The van der Waals surface area contributed by atoms with Crippen LogP contribution in [0.3, 0.4) is 0 Å². The Hall–Kier alpha value is -0.400. The zero-order valence-corrected chi connectivity index (χ0v) is 12.8. The average molecular weight is 358 g/mol. The second kappa shape index (κ2) is 8.01. The molecule has 1 N–H and O–H groups in total. The van der Waals surface area contributed by atoms with Gasteiger partial charge in [0.15, 0.2) is 0 Å². The van der Waals surface area contributed by atoms with Crippen LogP contribution >= 0.6 is 27.7 Å². The maximum atomic E-state index is 11.9. The van der Waals surface area contributed by atoms with Gasteiger partial charge >= 0.3 is 5.51 Å². The highest BCUT2D eigenvalue weighted by molar-refractivity contribution is 9.10. The van der Waals surface area contributed by atoms with Crippen molar-refractivity contribution in [2.24, 2.45) is 0 Å². The number of hydrogen-bond acceptors (Lipinski definition) is 3. The molecule has 0 aliphatic carbocycles. The summed E-state index contributed by atoms with van der Waals surface area (Å²) in [4.78, 5) is 0. The summed E-state index contributed by atoms with van der Waals surface area (Å²) in [5.74, 6) is 0.473. The smallest absolute Gasteiger partial charge is 0.441 e. The third-order valence-corrected chi connectivity index (χ3v) is 3.67. The zero-order chi connectivity index (χ0) is 14.3. The van der Waals surface area contributed by atoms with Crippen molar-refractivity contribution < 1.29 is 17.9 Å². The van der Waals surface area contributed by atoms with E-state index < -0.39 is 5.51 Å². The van der Waals surface area contributed by atoms with Crippen LogP contribution in [-0.4, -0.2) is 24.4 Å². The van der Waals surface area contributed by atoms with Crippen LogP contribution in [0.5, 0.6) is 5.75 Å².